The van der Waals surface area contributed by atoms with Crippen molar-refractivity contribution in [2.75, 3.05) is 6.61 Å². The molecule has 0 amide bonds. The lowest BCUT2D eigenvalue weighted by atomic mass is 10.0. The normalized spacial score (nSPS) is 11.4. The average Bonchev–Trinajstić information content (AvgIpc) is 1.14. The minimum atomic E-state index is -4.75. The second-order valence-corrected chi connectivity index (χ2v) is 18.9. The zero-order valence-corrected chi connectivity index (χ0v) is 46.6. The summed E-state index contributed by atoms with van der Waals surface area (Å²) in [6, 6.07) is 36.5. The topological polar surface area (TPSA) is 279 Å². The monoisotopic (exact) mass is 1260 g/mol. The van der Waals surface area contributed by atoms with Gasteiger partial charge in [-0.1, -0.05) is 70.2 Å². The first-order chi connectivity index (χ1) is 43.6. The van der Waals surface area contributed by atoms with Crippen LogP contribution >= 0.6 is 0 Å². The van der Waals surface area contributed by atoms with Gasteiger partial charge in [0.1, 0.15) is 52.8 Å². The Hall–Kier alpha value is -11.5. The SMILES string of the molecule is O=c1[nH]nnc2ccc(-c3ccc(OC(F)(F)F)cc3)cc12.O=c1c2cc(-c3ccc(OC(F)(F)F)cc3)ccc2nnn1CCc1ccncn1.O=c1c2cc(-c3ccc(OC(F)(F)F)cc3)ccc2nnn1CCc1ccncn1.OCCc1ccncn1. The van der Waals surface area contributed by atoms with Crippen molar-refractivity contribution in [2.24, 2.45) is 0 Å². The molecule has 0 aliphatic carbocycles. The zero-order chi connectivity index (χ0) is 64.5. The Labute approximate surface area is 505 Å². The van der Waals surface area contributed by atoms with Crippen molar-refractivity contribution in [3.63, 3.8) is 0 Å². The number of fused-ring (bicyclic) bond motifs is 3. The molecule has 2 N–H and O–H groups in total. The lowest BCUT2D eigenvalue weighted by Crippen LogP contribution is -2.25. The van der Waals surface area contributed by atoms with Crippen molar-refractivity contribution in [1.82, 2.24) is 75.3 Å². The van der Waals surface area contributed by atoms with Crippen LogP contribution in [0.4, 0.5) is 39.5 Å². The van der Waals surface area contributed by atoms with Crippen LogP contribution < -0.4 is 30.9 Å². The molecule has 0 saturated carbocycles. The first-order valence-electron chi connectivity index (χ1n) is 26.7. The number of rotatable bonds is 14. The Kier molecular flexibility index (Phi) is 20.4. The highest BCUT2D eigenvalue weighted by molar-refractivity contribution is 5.85. The molecule has 12 rings (SSSR count). The van der Waals surface area contributed by atoms with Gasteiger partial charge in [-0.15, -0.1) is 54.8 Å². The minimum absolute atomic E-state index is 0.150. The standard InChI is InChI=1S/2C20H14F3N5O2.C14H8F3N3O2.C6H8N2O/c2*21-20(22,23)30-16-4-1-13(2-5-16)14-3-6-18-17(11-14)19(29)28(27-26-18)10-8-15-7-9-24-12-25-15;15-14(16,17)22-10-4-1-8(2-5-10)9-3-6-12-11(7-9)13(21)19-20-18-12;9-4-2-6-1-3-7-5-8-6/h2*1-7,9,11-12H,8,10H2;1-7H,(H,18,19,21);1,3,5,9H,2,4H2. The highest BCUT2D eigenvalue weighted by atomic mass is 19.4. The number of hydrogen-bond donors (Lipinski definition) is 2. The lowest BCUT2D eigenvalue weighted by Gasteiger charge is -2.10. The van der Waals surface area contributed by atoms with E-state index in [-0.39, 0.29) is 40.5 Å². The summed E-state index contributed by atoms with van der Waals surface area (Å²) in [6.07, 6.45) is -3.39. The molecule has 6 heterocycles. The van der Waals surface area contributed by atoms with Crippen molar-refractivity contribution in [2.45, 2.75) is 51.4 Å². The fourth-order valence-electron chi connectivity index (χ4n) is 8.47. The molecule has 464 valence electrons. The summed E-state index contributed by atoms with van der Waals surface area (Å²) in [4.78, 5) is 60.9. The number of nitrogens with one attached hydrogen (secondary N) is 1. The van der Waals surface area contributed by atoms with E-state index >= 15 is 0 Å². The van der Waals surface area contributed by atoms with E-state index in [9.17, 15) is 53.9 Å². The molecule has 0 spiro atoms. The number of benzene rings is 6. The molecule has 31 heteroatoms. The van der Waals surface area contributed by atoms with E-state index < -0.39 is 19.1 Å². The van der Waals surface area contributed by atoms with Gasteiger partial charge in [-0.3, -0.25) is 14.4 Å². The number of alkyl halides is 9. The van der Waals surface area contributed by atoms with E-state index in [0.29, 0.717) is 98.4 Å². The van der Waals surface area contributed by atoms with Gasteiger partial charge >= 0.3 is 19.1 Å². The van der Waals surface area contributed by atoms with Crippen LogP contribution in [0.5, 0.6) is 17.2 Å². The van der Waals surface area contributed by atoms with Crippen molar-refractivity contribution >= 4 is 32.7 Å². The number of aryl methyl sites for hydroxylation is 4. The van der Waals surface area contributed by atoms with Crippen molar-refractivity contribution in [1.29, 1.82) is 0 Å². The van der Waals surface area contributed by atoms with Gasteiger partial charge in [-0.05, 0) is 124 Å². The molecular weight excluding hydrogens is 1210 g/mol. The van der Waals surface area contributed by atoms with Crippen molar-refractivity contribution in [3.8, 4) is 50.6 Å². The summed E-state index contributed by atoms with van der Waals surface area (Å²) in [5.74, 6) is -0.935. The molecule has 0 radical (unpaired) electrons. The van der Waals surface area contributed by atoms with E-state index in [4.69, 9.17) is 5.11 Å². The molecule has 0 fully saturated rings. The number of aliphatic hydroxyl groups excluding tert-OH is 1. The number of aliphatic hydroxyl groups is 1. The molecule has 6 aromatic carbocycles. The summed E-state index contributed by atoms with van der Waals surface area (Å²) >= 11 is 0. The number of hydrogen-bond acceptors (Lipinski definition) is 19. The number of H-pyrrole nitrogens is 1. The molecule has 0 saturated heterocycles. The van der Waals surface area contributed by atoms with Crippen molar-refractivity contribution in [3.05, 3.63) is 231 Å². The first-order valence-corrected chi connectivity index (χ1v) is 26.7. The highest BCUT2D eigenvalue weighted by Gasteiger charge is 2.32. The Morgan fingerprint density at radius 1 is 0.407 bits per heavy atom. The largest absolute Gasteiger partial charge is 0.573 e. The number of aromatic amines is 1. The van der Waals surface area contributed by atoms with E-state index in [1.54, 1.807) is 91.4 Å². The smallest absolute Gasteiger partial charge is 0.406 e. The van der Waals surface area contributed by atoms with E-state index in [2.05, 4.69) is 80.1 Å². The van der Waals surface area contributed by atoms with Crippen LogP contribution in [0, 0.1) is 0 Å². The maximum atomic E-state index is 12.8. The minimum Gasteiger partial charge on any atom is -0.406 e. The summed E-state index contributed by atoms with van der Waals surface area (Å²) in [7, 11) is 0. The van der Waals surface area contributed by atoms with E-state index in [0.717, 1.165) is 17.1 Å². The Bertz CT molecular complexity index is 4360. The molecule has 6 aromatic heterocycles. The summed E-state index contributed by atoms with van der Waals surface area (Å²) in [5, 5.41) is 35.1. The molecule has 12 aromatic rings. The highest BCUT2D eigenvalue weighted by Crippen LogP contribution is 2.31. The molecule has 0 aliphatic heterocycles. The molecule has 0 unspecified atom stereocenters. The molecule has 0 bridgehead atoms. The maximum Gasteiger partial charge on any atom is 0.573 e. The van der Waals surface area contributed by atoms with Crippen molar-refractivity contribution < 1.29 is 58.8 Å². The van der Waals surface area contributed by atoms with Crippen LogP contribution in [-0.2, 0) is 32.4 Å². The van der Waals surface area contributed by atoms with E-state index in [1.807, 2.05) is 0 Å². The van der Waals surface area contributed by atoms with Gasteiger partial charge in [0.25, 0.3) is 16.7 Å². The van der Waals surface area contributed by atoms with Gasteiger partial charge in [0.15, 0.2) is 0 Å². The van der Waals surface area contributed by atoms with Gasteiger partial charge in [-0.25, -0.2) is 44.4 Å². The summed E-state index contributed by atoms with van der Waals surface area (Å²) < 4.78 is 124. The van der Waals surface area contributed by atoms with Gasteiger partial charge in [0, 0.05) is 61.5 Å². The van der Waals surface area contributed by atoms with Gasteiger partial charge in [0.2, 0.25) is 0 Å². The van der Waals surface area contributed by atoms with Crippen LogP contribution in [0.3, 0.4) is 0 Å². The van der Waals surface area contributed by atoms with Crippen LogP contribution in [-0.4, -0.2) is 106 Å². The quantitative estimate of drug-likeness (QED) is 0.0958. The number of aromatic nitrogens is 15. The van der Waals surface area contributed by atoms with Gasteiger partial charge in [0.05, 0.1) is 29.2 Å². The Morgan fingerprint density at radius 3 is 1.07 bits per heavy atom. The number of nitrogens with zero attached hydrogens (tertiary/aromatic N) is 14. The number of ether oxygens (including phenoxy) is 3. The first kappa shape index (κ1) is 64.0. The van der Waals surface area contributed by atoms with E-state index in [1.165, 1.54) is 101 Å². The van der Waals surface area contributed by atoms with Crippen LogP contribution in [0.25, 0.3) is 66.1 Å². The predicted octanol–water partition coefficient (Wildman–Crippen LogP) is 9.67. The molecule has 0 atom stereocenters. The molecular formula is C60H44F9N15O7. The summed E-state index contributed by atoms with van der Waals surface area (Å²) in [5.41, 5.74) is 6.62. The van der Waals surface area contributed by atoms with Gasteiger partial charge in [-0.2, -0.15) is 0 Å². The van der Waals surface area contributed by atoms with Crippen LogP contribution in [0.15, 0.2) is 198 Å². The summed E-state index contributed by atoms with van der Waals surface area (Å²) in [6.45, 7) is 0.746. The predicted molar refractivity (Wildman–Crippen MR) is 308 cm³/mol. The lowest BCUT2D eigenvalue weighted by molar-refractivity contribution is -0.275. The fraction of sp³-hybridized carbons (Fsp3) is 0.150. The Morgan fingerprint density at radius 2 is 0.736 bits per heavy atom. The molecule has 91 heavy (non-hydrogen) atoms. The van der Waals surface area contributed by atoms with Crippen LogP contribution in [0.1, 0.15) is 17.1 Å². The third-order valence-corrected chi connectivity index (χ3v) is 12.7. The molecule has 0 aliphatic rings. The third kappa shape index (κ3) is 18.5. The fourth-order valence-corrected chi connectivity index (χ4v) is 8.47. The maximum absolute atomic E-state index is 12.8. The molecule has 22 nitrogen and oxygen atoms in total. The second kappa shape index (κ2) is 29.0. The van der Waals surface area contributed by atoms with Gasteiger partial charge < -0.3 is 19.3 Å². The second-order valence-electron chi connectivity index (χ2n) is 18.9. The average molecular weight is 1260 g/mol. The Balaban J connectivity index is 0.000000152. The third-order valence-electron chi connectivity index (χ3n) is 12.7. The zero-order valence-electron chi connectivity index (χ0n) is 46.6. The number of halogens is 9. The van der Waals surface area contributed by atoms with Crippen LogP contribution in [0.2, 0.25) is 0 Å².